The van der Waals surface area contributed by atoms with Gasteiger partial charge in [0.05, 0.1) is 0 Å². The molecule has 1 aromatic heterocycles. The first kappa shape index (κ1) is 4.69. The molecule has 6 N–H and O–H groups in total. The standard InChI is InChI=1S/C2H6N6/c3-1-6-7-2(4)8(1)5/h5H2,(H2,3,6)(H2,4,7). The van der Waals surface area contributed by atoms with Crippen LogP contribution in [0.3, 0.4) is 0 Å². The summed E-state index contributed by atoms with van der Waals surface area (Å²) in [6, 6.07) is 0. The Labute approximate surface area is 43.9 Å². The molecule has 44 valence electrons. The maximum Gasteiger partial charge on any atom is 0.236 e. The molecule has 0 atom stereocenters. The van der Waals surface area contributed by atoms with Crippen molar-refractivity contribution in [3.8, 4) is 0 Å². The molecule has 8 heavy (non-hydrogen) atoms. The zero-order valence-electron chi connectivity index (χ0n) is 4.02. The predicted molar refractivity (Wildman–Crippen MR) is 25.0 cm³/mol. The van der Waals surface area contributed by atoms with Crippen LogP contribution in [0.1, 0.15) is 0 Å². The molecule has 1 aromatic rings. The van der Waals surface area contributed by atoms with Crippen molar-refractivity contribution in [1.82, 2.24) is 14.9 Å². The van der Waals surface area contributed by atoms with Crippen molar-refractivity contribution in [2.24, 2.45) is 0 Å². The lowest BCUT2D eigenvalue weighted by Crippen LogP contribution is -2.33. The van der Waals surface area contributed by atoms with Gasteiger partial charge in [-0.05, 0) is 0 Å². The Kier molecular flexibility index (Phi) is 0.736. The summed E-state index contributed by atoms with van der Waals surface area (Å²) >= 11 is 0. The van der Waals surface area contributed by atoms with Crippen LogP contribution in [-0.4, -0.2) is 14.9 Å². The molecule has 6 heteroatoms. The van der Waals surface area contributed by atoms with Gasteiger partial charge in [-0.2, -0.15) is 4.68 Å². The van der Waals surface area contributed by atoms with Crippen molar-refractivity contribution in [3.63, 3.8) is 0 Å². The Bertz CT molecular complexity index is 244. The molecule has 1 rings (SSSR count). The highest BCUT2D eigenvalue weighted by Crippen LogP contribution is 1.38. The number of rotatable bonds is 0. The van der Waals surface area contributed by atoms with E-state index in [9.17, 15) is 0 Å². The monoisotopic (exact) mass is 114 g/mol. The third-order valence-electron chi connectivity index (χ3n) is 0.781. The molecule has 0 bridgehead atoms. The van der Waals surface area contributed by atoms with Crippen molar-refractivity contribution >= 4 is 0 Å². The summed E-state index contributed by atoms with van der Waals surface area (Å²) < 4.78 is 0.889. The minimum absolute atomic E-state index is 0.0185. The lowest BCUT2D eigenvalue weighted by molar-refractivity contribution is 0.813. The number of nitrogens with one attached hydrogen (secondary N) is 4. The third-order valence-corrected chi connectivity index (χ3v) is 0.781. The normalized spacial score (nSPS) is 9.50. The van der Waals surface area contributed by atoms with E-state index in [2.05, 4.69) is 10.2 Å². The van der Waals surface area contributed by atoms with Gasteiger partial charge >= 0.3 is 0 Å². The summed E-state index contributed by atoms with van der Waals surface area (Å²) in [7, 11) is 0. The largest absolute Gasteiger partial charge is 0.333 e. The van der Waals surface area contributed by atoms with E-state index in [1.165, 1.54) is 0 Å². The van der Waals surface area contributed by atoms with E-state index in [1.807, 2.05) is 0 Å². The third kappa shape index (κ3) is 0.427. The number of nitrogens with two attached hydrogens (primary N) is 1. The minimum Gasteiger partial charge on any atom is -0.333 e. The summed E-state index contributed by atoms with van der Waals surface area (Å²) in [5, 5.41) is 18.4. The van der Waals surface area contributed by atoms with Crippen molar-refractivity contribution in [2.75, 3.05) is 5.84 Å². The molecule has 6 nitrogen and oxygen atoms in total. The molecule has 0 aliphatic rings. The fraction of sp³-hybridized carbons (Fsp3) is 0. The van der Waals surface area contributed by atoms with Gasteiger partial charge in [0.15, 0.2) is 0 Å². The molecular weight excluding hydrogens is 108 g/mol. The van der Waals surface area contributed by atoms with Crippen molar-refractivity contribution in [1.29, 1.82) is 10.8 Å². The predicted octanol–water partition coefficient (Wildman–Crippen LogP) is -2.18. The van der Waals surface area contributed by atoms with Gasteiger partial charge in [0.2, 0.25) is 11.2 Å². The van der Waals surface area contributed by atoms with Crippen LogP contribution < -0.4 is 17.1 Å². The van der Waals surface area contributed by atoms with E-state index >= 15 is 0 Å². The Hall–Kier alpha value is -1.46. The second kappa shape index (κ2) is 1.25. The van der Waals surface area contributed by atoms with Crippen LogP contribution in [0.4, 0.5) is 0 Å². The van der Waals surface area contributed by atoms with Crippen LogP contribution in [0.15, 0.2) is 0 Å². The van der Waals surface area contributed by atoms with Gasteiger partial charge in [-0.25, -0.2) is 0 Å². The van der Waals surface area contributed by atoms with E-state index in [4.69, 9.17) is 16.7 Å². The van der Waals surface area contributed by atoms with E-state index in [0.717, 1.165) is 4.68 Å². The summed E-state index contributed by atoms with van der Waals surface area (Å²) in [5.74, 6) is 5.08. The van der Waals surface area contributed by atoms with Crippen LogP contribution in [-0.2, 0) is 0 Å². The van der Waals surface area contributed by atoms with E-state index < -0.39 is 0 Å². The zero-order chi connectivity index (χ0) is 6.15. The quantitative estimate of drug-likeness (QED) is 0.243. The number of aromatic amines is 2. The second-order valence-electron chi connectivity index (χ2n) is 1.32. The number of nitrogen functional groups attached to an aromatic ring is 1. The Balaban J connectivity index is 3.66. The molecule has 0 fully saturated rings. The highest BCUT2D eigenvalue weighted by atomic mass is 15.4. The van der Waals surface area contributed by atoms with Gasteiger partial charge in [0.25, 0.3) is 0 Å². The summed E-state index contributed by atoms with van der Waals surface area (Å²) in [6.45, 7) is 0. The highest BCUT2D eigenvalue weighted by Gasteiger charge is 1.84. The average Bonchev–Trinajstić information content (AvgIpc) is 1.98. The Morgan fingerprint density at radius 2 is 1.62 bits per heavy atom. The van der Waals surface area contributed by atoms with Crippen molar-refractivity contribution in [3.05, 3.63) is 11.2 Å². The first-order valence-corrected chi connectivity index (χ1v) is 1.96. The zero-order valence-corrected chi connectivity index (χ0v) is 4.02. The van der Waals surface area contributed by atoms with Gasteiger partial charge in [-0.3, -0.25) is 21.0 Å². The first-order valence-electron chi connectivity index (χ1n) is 1.96. The van der Waals surface area contributed by atoms with Gasteiger partial charge in [0.1, 0.15) is 0 Å². The molecule has 1 heterocycles. The van der Waals surface area contributed by atoms with Crippen LogP contribution in [0.5, 0.6) is 0 Å². The molecule has 0 aliphatic carbocycles. The molecule has 0 aliphatic heterocycles. The van der Waals surface area contributed by atoms with E-state index in [1.54, 1.807) is 0 Å². The number of hydrogen-bond acceptors (Lipinski definition) is 3. The van der Waals surface area contributed by atoms with E-state index in [0.29, 0.717) is 0 Å². The van der Waals surface area contributed by atoms with Gasteiger partial charge < -0.3 is 5.84 Å². The maximum absolute atomic E-state index is 6.87. The van der Waals surface area contributed by atoms with Crippen LogP contribution in [0.25, 0.3) is 0 Å². The summed E-state index contributed by atoms with van der Waals surface area (Å²) in [4.78, 5) is 0. The molecule has 0 unspecified atom stereocenters. The van der Waals surface area contributed by atoms with Gasteiger partial charge in [0, 0.05) is 0 Å². The Morgan fingerprint density at radius 1 is 1.25 bits per heavy atom. The van der Waals surface area contributed by atoms with Gasteiger partial charge in [-0.15, -0.1) is 0 Å². The number of nitrogens with zero attached hydrogens (tertiary/aromatic N) is 1. The van der Waals surface area contributed by atoms with Crippen LogP contribution >= 0.6 is 0 Å². The van der Waals surface area contributed by atoms with E-state index in [-0.39, 0.29) is 11.2 Å². The smallest absolute Gasteiger partial charge is 0.236 e. The average molecular weight is 114 g/mol. The topological polar surface area (TPSA) is 110 Å². The van der Waals surface area contributed by atoms with Crippen LogP contribution in [0, 0.1) is 10.8 Å². The summed E-state index contributed by atoms with van der Waals surface area (Å²) in [5.41, 5.74) is -0.0370. The minimum atomic E-state index is -0.0185. The molecular formula is C2H6N6. The highest BCUT2D eigenvalue weighted by molar-refractivity contribution is 4.53. The lowest BCUT2D eigenvalue weighted by Gasteiger charge is -1.80. The van der Waals surface area contributed by atoms with Crippen molar-refractivity contribution in [2.45, 2.75) is 0 Å². The van der Waals surface area contributed by atoms with Gasteiger partial charge in [-0.1, -0.05) is 0 Å². The SMILES string of the molecule is N=c1[nH][nH]c(=N)n1N. The number of aromatic nitrogens is 3. The molecule has 0 radical (unpaired) electrons. The molecule has 0 amide bonds. The first-order chi connectivity index (χ1) is 3.72. The molecule has 0 saturated heterocycles. The molecule has 0 saturated carbocycles. The second-order valence-corrected chi connectivity index (χ2v) is 1.32. The Morgan fingerprint density at radius 3 is 1.75 bits per heavy atom. The van der Waals surface area contributed by atoms with Crippen molar-refractivity contribution < 1.29 is 0 Å². The lowest BCUT2D eigenvalue weighted by atomic mass is 11.1. The maximum atomic E-state index is 6.87. The number of hydrogen-bond donors (Lipinski definition) is 5. The fourth-order valence-corrected chi connectivity index (χ4v) is 0.351. The molecule has 0 aromatic carbocycles. The number of H-pyrrole nitrogens is 2. The summed E-state index contributed by atoms with van der Waals surface area (Å²) in [6.07, 6.45) is 0. The fourth-order valence-electron chi connectivity index (χ4n) is 0.351. The van der Waals surface area contributed by atoms with Crippen LogP contribution in [0.2, 0.25) is 0 Å². The molecule has 0 spiro atoms.